The number of hydrogen-bond donors (Lipinski definition) is 0. The number of likely N-dealkylation sites (tertiary alicyclic amines) is 1. The summed E-state index contributed by atoms with van der Waals surface area (Å²) in [6.45, 7) is 6.26. The number of hydrogen-bond acceptors (Lipinski definition) is 2. The zero-order chi connectivity index (χ0) is 13.7. The van der Waals surface area contributed by atoms with E-state index in [9.17, 15) is 4.79 Å². The van der Waals surface area contributed by atoms with Gasteiger partial charge in [0.25, 0.3) is 5.91 Å². The first-order chi connectivity index (χ1) is 9.19. The molecule has 0 N–H and O–H groups in total. The average Bonchev–Trinajstić information content (AvgIpc) is 2.46. The van der Waals surface area contributed by atoms with Crippen LogP contribution in [-0.2, 0) is 11.2 Å². The topological polar surface area (TPSA) is 29.5 Å². The first kappa shape index (κ1) is 13.9. The van der Waals surface area contributed by atoms with Crippen molar-refractivity contribution in [2.24, 2.45) is 5.92 Å². The summed E-state index contributed by atoms with van der Waals surface area (Å²) in [6.07, 6.45) is 3.24. The van der Waals surface area contributed by atoms with Gasteiger partial charge in [-0.25, -0.2) is 0 Å². The van der Waals surface area contributed by atoms with Crippen LogP contribution in [0.2, 0.25) is 0 Å². The van der Waals surface area contributed by atoms with Crippen LogP contribution in [0.5, 0.6) is 5.75 Å². The van der Waals surface area contributed by atoms with Gasteiger partial charge in [0, 0.05) is 13.1 Å². The lowest BCUT2D eigenvalue weighted by atomic mass is 9.99. The van der Waals surface area contributed by atoms with E-state index in [-0.39, 0.29) is 12.5 Å². The van der Waals surface area contributed by atoms with E-state index in [0.29, 0.717) is 0 Å². The molecular formula is C16H23NO2. The van der Waals surface area contributed by atoms with Crippen molar-refractivity contribution in [1.82, 2.24) is 4.90 Å². The number of ether oxygens (including phenoxy) is 1. The highest BCUT2D eigenvalue weighted by molar-refractivity contribution is 5.77. The van der Waals surface area contributed by atoms with Gasteiger partial charge in [0.2, 0.25) is 0 Å². The van der Waals surface area contributed by atoms with Crippen molar-refractivity contribution in [3.63, 3.8) is 0 Å². The Labute approximate surface area is 115 Å². The summed E-state index contributed by atoms with van der Waals surface area (Å²) in [4.78, 5) is 13.9. The molecule has 1 aliphatic heterocycles. The van der Waals surface area contributed by atoms with Gasteiger partial charge in [-0.05, 0) is 42.9 Å². The van der Waals surface area contributed by atoms with Crippen molar-refractivity contribution in [2.45, 2.75) is 33.1 Å². The maximum Gasteiger partial charge on any atom is 0.260 e. The van der Waals surface area contributed by atoms with Gasteiger partial charge in [0.1, 0.15) is 5.75 Å². The fraction of sp³-hybridized carbons (Fsp3) is 0.562. The second-order valence-electron chi connectivity index (χ2n) is 5.35. The van der Waals surface area contributed by atoms with Crippen molar-refractivity contribution in [1.29, 1.82) is 0 Å². The van der Waals surface area contributed by atoms with Crippen LogP contribution in [0.3, 0.4) is 0 Å². The first-order valence-electron chi connectivity index (χ1n) is 7.18. The third-order valence-corrected chi connectivity index (χ3v) is 3.83. The van der Waals surface area contributed by atoms with E-state index >= 15 is 0 Å². The Bertz CT molecular complexity index is 405. The first-order valence-corrected chi connectivity index (χ1v) is 7.18. The van der Waals surface area contributed by atoms with Crippen LogP contribution < -0.4 is 4.74 Å². The Kier molecular flexibility index (Phi) is 4.83. The van der Waals surface area contributed by atoms with E-state index in [1.807, 2.05) is 29.2 Å². The molecular weight excluding hydrogens is 238 g/mol. The van der Waals surface area contributed by atoms with E-state index in [2.05, 4.69) is 13.8 Å². The van der Waals surface area contributed by atoms with Gasteiger partial charge in [-0.2, -0.15) is 0 Å². The van der Waals surface area contributed by atoms with E-state index < -0.39 is 0 Å². The number of carbonyl (C=O) groups is 1. The van der Waals surface area contributed by atoms with E-state index in [1.54, 1.807) is 0 Å². The molecule has 0 spiro atoms. The highest BCUT2D eigenvalue weighted by atomic mass is 16.5. The molecule has 0 aliphatic carbocycles. The van der Waals surface area contributed by atoms with Crippen LogP contribution in [0.4, 0.5) is 0 Å². The Morgan fingerprint density at radius 2 is 1.89 bits per heavy atom. The summed E-state index contributed by atoms with van der Waals surface area (Å²) in [5, 5.41) is 0. The highest BCUT2D eigenvalue weighted by Gasteiger charge is 2.20. The number of nitrogens with zero attached hydrogens (tertiary/aromatic N) is 1. The van der Waals surface area contributed by atoms with Crippen LogP contribution >= 0.6 is 0 Å². The SMILES string of the molecule is CCc1ccc(OCC(=O)N2CCC(C)CC2)cc1. The Balaban J connectivity index is 1.79. The summed E-state index contributed by atoms with van der Waals surface area (Å²) < 4.78 is 5.56. The normalized spacial score (nSPS) is 16.4. The van der Waals surface area contributed by atoms with Crippen LogP contribution in [0.15, 0.2) is 24.3 Å². The fourth-order valence-corrected chi connectivity index (χ4v) is 2.32. The third-order valence-electron chi connectivity index (χ3n) is 3.83. The molecule has 1 aliphatic rings. The van der Waals surface area contributed by atoms with E-state index in [0.717, 1.165) is 44.0 Å². The summed E-state index contributed by atoms with van der Waals surface area (Å²) in [7, 11) is 0. The largest absolute Gasteiger partial charge is 0.484 e. The quantitative estimate of drug-likeness (QED) is 0.834. The molecule has 0 unspecified atom stereocenters. The predicted octanol–water partition coefficient (Wildman–Crippen LogP) is 2.89. The van der Waals surface area contributed by atoms with Gasteiger partial charge in [-0.15, -0.1) is 0 Å². The number of piperidine rings is 1. The lowest BCUT2D eigenvalue weighted by Gasteiger charge is -2.30. The molecule has 3 heteroatoms. The molecule has 2 rings (SSSR count). The van der Waals surface area contributed by atoms with Crippen LogP contribution in [0, 0.1) is 5.92 Å². The Morgan fingerprint density at radius 3 is 2.47 bits per heavy atom. The summed E-state index contributed by atoms with van der Waals surface area (Å²) in [5.41, 5.74) is 1.28. The Hall–Kier alpha value is -1.51. The van der Waals surface area contributed by atoms with E-state index in [4.69, 9.17) is 4.74 Å². The second-order valence-corrected chi connectivity index (χ2v) is 5.35. The van der Waals surface area contributed by atoms with Gasteiger partial charge < -0.3 is 9.64 Å². The minimum Gasteiger partial charge on any atom is -0.484 e. The van der Waals surface area contributed by atoms with Crippen LogP contribution in [-0.4, -0.2) is 30.5 Å². The maximum atomic E-state index is 12.0. The van der Waals surface area contributed by atoms with Gasteiger partial charge in [-0.3, -0.25) is 4.79 Å². The summed E-state index contributed by atoms with van der Waals surface area (Å²) in [6, 6.07) is 7.96. The van der Waals surface area contributed by atoms with Gasteiger partial charge >= 0.3 is 0 Å². The number of rotatable bonds is 4. The van der Waals surface area contributed by atoms with Crippen molar-refractivity contribution in [3.05, 3.63) is 29.8 Å². The summed E-state index contributed by atoms with van der Waals surface area (Å²) in [5.74, 6) is 1.62. The van der Waals surface area contributed by atoms with Gasteiger partial charge in [-0.1, -0.05) is 26.0 Å². The molecule has 0 bridgehead atoms. The standard InChI is InChI=1S/C16H23NO2/c1-3-14-4-6-15(7-5-14)19-12-16(18)17-10-8-13(2)9-11-17/h4-7,13H,3,8-12H2,1-2H3. The average molecular weight is 261 g/mol. The minimum atomic E-state index is 0.103. The minimum absolute atomic E-state index is 0.103. The van der Waals surface area contributed by atoms with Crippen LogP contribution in [0.25, 0.3) is 0 Å². The molecule has 1 heterocycles. The highest BCUT2D eigenvalue weighted by Crippen LogP contribution is 2.17. The number of benzene rings is 1. The lowest BCUT2D eigenvalue weighted by molar-refractivity contribution is -0.134. The second kappa shape index (κ2) is 6.60. The summed E-state index contributed by atoms with van der Waals surface area (Å²) >= 11 is 0. The molecule has 1 amide bonds. The fourth-order valence-electron chi connectivity index (χ4n) is 2.32. The molecule has 0 radical (unpaired) electrons. The monoisotopic (exact) mass is 261 g/mol. The van der Waals surface area contributed by atoms with Gasteiger partial charge in [0.05, 0.1) is 0 Å². The molecule has 1 saturated heterocycles. The molecule has 1 fully saturated rings. The van der Waals surface area contributed by atoms with Crippen LogP contribution in [0.1, 0.15) is 32.3 Å². The van der Waals surface area contributed by atoms with Crippen molar-refractivity contribution >= 4 is 5.91 Å². The zero-order valence-electron chi connectivity index (χ0n) is 11.9. The third kappa shape index (κ3) is 3.98. The number of aryl methyl sites for hydroxylation is 1. The molecule has 1 aromatic rings. The molecule has 1 aromatic carbocycles. The van der Waals surface area contributed by atoms with Crippen molar-refractivity contribution < 1.29 is 9.53 Å². The van der Waals surface area contributed by atoms with Crippen molar-refractivity contribution in [3.8, 4) is 5.75 Å². The molecule has 0 saturated carbocycles. The molecule has 19 heavy (non-hydrogen) atoms. The number of carbonyl (C=O) groups excluding carboxylic acids is 1. The molecule has 0 aromatic heterocycles. The Morgan fingerprint density at radius 1 is 1.26 bits per heavy atom. The maximum absolute atomic E-state index is 12.0. The molecule has 0 atom stereocenters. The lowest BCUT2D eigenvalue weighted by Crippen LogP contribution is -2.40. The molecule has 3 nitrogen and oxygen atoms in total. The number of amides is 1. The molecule has 104 valence electrons. The zero-order valence-corrected chi connectivity index (χ0v) is 11.9. The van der Waals surface area contributed by atoms with Gasteiger partial charge in [0.15, 0.2) is 6.61 Å². The smallest absolute Gasteiger partial charge is 0.260 e. The van der Waals surface area contributed by atoms with E-state index in [1.165, 1.54) is 5.56 Å². The van der Waals surface area contributed by atoms with Crippen molar-refractivity contribution in [2.75, 3.05) is 19.7 Å². The predicted molar refractivity (Wildman–Crippen MR) is 76.3 cm³/mol.